The molecule has 0 bridgehead atoms. The maximum absolute atomic E-state index is 9.64. The Morgan fingerprint density at radius 3 is 2.20 bits per heavy atom. The van der Waals surface area contributed by atoms with Crippen LogP contribution in [0.4, 0.5) is 0 Å². The molecule has 0 aliphatic carbocycles. The summed E-state index contributed by atoms with van der Waals surface area (Å²) in [6, 6.07) is 3.22. The van der Waals surface area contributed by atoms with Gasteiger partial charge in [-0.1, -0.05) is 6.92 Å². The number of nitrogens with two attached hydrogens (primary N) is 1. The van der Waals surface area contributed by atoms with Crippen molar-refractivity contribution in [2.45, 2.75) is 25.5 Å². The Balaban J connectivity index is 3.06. The van der Waals surface area contributed by atoms with Crippen molar-refractivity contribution >= 4 is 45.2 Å². The first-order chi connectivity index (χ1) is 6.97. The van der Waals surface area contributed by atoms with Gasteiger partial charge < -0.3 is 15.9 Å². The van der Waals surface area contributed by atoms with E-state index in [4.69, 9.17) is 5.73 Å². The fourth-order valence-corrected chi connectivity index (χ4v) is 3.07. The number of phenols is 1. The molecule has 2 atom stereocenters. The van der Waals surface area contributed by atoms with Crippen molar-refractivity contribution in [2.24, 2.45) is 5.73 Å². The number of hydrogen-bond acceptors (Lipinski definition) is 3. The summed E-state index contributed by atoms with van der Waals surface area (Å²) >= 11 is 4.10. The summed E-state index contributed by atoms with van der Waals surface area (Å²) in [5.41, 5.74) is 6.76. The third-order valence-electron chi connectivity index (χ3n) is 2.26. The molecule has 0 aliphatic heterocycles. The summed E-state index contributed by atoms with van der Waals surface area (Å²) < 4.78 is 1.52. The van der Waals surface area contributed by atoms with Crippen LogP contribution in [0.3, 0.4) is 0 Å². The lowest BCUT2D eigenvalue weighted by molar-refractivity contribution is 0.140. The average Bonchev–Trinajstić information content (AvgIpc) is 2.23. The molecular weight excluding hydrogens is 420 g/mol. The van der Waals surface area contributed by atoms with Crippen molar-refractivity contribution in [1.29, 1.82) is 0 Å². The second-order valence-corrected chi connectivity index (χ2v) is 5.66. The van der Waals surface area contributed by atoms with Gasteiger partial charge in [0.05, 0.1) is 19.3 Å². The van der Waals surface area contributed by atoms with E-state index in [0.29, 0.717) is 6.42 Å². The van der Waals surface area contributed by atoms with Gasteiger partial charge in [-0.15, -0.1) is 0 Å². The summed E-state index contributed by atoms with van der Waals surface area (Å²) in [4.78, 5) is 0. The van der Waals surface area contributed by atoms with Crippen LogP contribution in [0, 0.1) is 7.14 Å². The fraction of sp³-hybridized carbons (Fsp3) is 0.400. The van der Waals surface area contributed by atoms with Crippen molar-refractivity contribution < 1.29 is 10.2 Å². The number of halogens is 2. The van der Waals surface area contributed by atoms with Gasteiger partial charge in [0, 0.05) is 0 Å². The quantitative estimate of drug-likeness (QED) is 0.642. The Kier molecular flexibility index (Phi) is 5.07. The molecule has 1 aromatic rings. The minimum atomic E-state index is -0.541. The molecule has 0 fully saturated rings. The van der Waals surface area contributed by atoms with E-state index in [1.54, 1.807) is 0 Å². The molecule has 0 radical (unpaired) electrons. The van der Waals surface area contributed by atoms with Gasteiger partial charge in [0.25, 0.3) is 0 Å². The Bertz CT molecular complexity index is 334. The topological polar surface area (TPSA) is 66.5 Å². The molecule has 15 heavy (non-hydrogen) atoms. The molecule has 1 aromatic carbocycles. The van der Waals surface area contributed by atoms with Crippen molar-refractivity contribution in [3.05, 3.63) is 24.8 Å². The van der Waals surface area contributed by atoms with Gasteiger partial charge in [-0.2, -0.15) is 0 Å². The second kappa shape index (κ2) is 5.65. The molecule has 0 unspecified atom stereocenters. The van der Waals surface area contributed by atoms with Crippen LogP contribution in [0.15, 0.2) is 12.1 Å². The van der Waals surface area contributed by atoms with Crippen molar-refractivity contribution in [1.82, 2.24) is 0 Å². The third kappa shape index (κ3) is 3.18. The van der Waals surface area contributed by atoms with E-state index in [1.165, 1.54) is 0 Å². The van der Waals surface area contributed by atoms with Gasteiger partial charge >= 0.3 is 0 Å². The Morgan fingerprint density at radius 2 is 1.80 bits per heavy atom. The molecule has 0 aromatic heterocycles. The predicted octanol–water partition coefficient (Wildman–Crippen LogP) is 2.37. The van der Waals surface area contributed by atoms with Crippen LogP contribution in [0.2, 0.25) is 0 Å². The molecule has 0 amide bonds. The highest BCUT2D eigenvalue weighted by molar-refractivity contribution is 14.1. The molecule has 84 valence electrons. The van der Waals surface area contributed by atoms with Crippen LogP contribution < -0.4 is 5.73 Å². The highest BCUT2D eigenvalue weighted by Crippen LogP contribution is 2.30. The van der Waals surface area contributed by atoms with Gasteiger partial charge in [0.2, 0.25) is 0 Å². The molecule has 0 saturated heterocycles. The number of benzene rings is 1. The molecule has 3 nitrogen and oxygen atoms in total. The highest BCUT2D eigenvalue weighted by Gasteiger charge is 2.17. The standard InChI is InChI=1S/C10H13I2NO2/c1-2-8(14)9(13)5-3-6(11)10(15)7(12)4-5/h3-4,8-9,14-15H,2,13H2,1H3/t8-,9+/m0/s1. The normalized spacial score (nSPS) is 15.0. The Morgan fingerprint density at radius 1 is 1.33 bits per heavy atom. The smallest absolute Gasteiger partial charge is 0.142 e. The zero-order valence-electron chi connectivity index (χ0n) is 8.24. The first-order valence-corrected chi connectivity index (χ1v) is 6.74. The monoisotopic (exact) mass is 433 g/mol. The number of aromatic hydroxyl groups is 1. The molecule has 4 N–H and O–H groups in total. The number of rotatable bonds is 3. The maximum Gasteiger partial charge on any atom is 0.142 e. The zero-order valence-corrected chi connectivity index (χ0v) is 12.6. The summed E-state index contributed by atoms with van der Waals surface area (Å²) in [6.45, 7) is 1.89. The fourth-order valence-electron chi connectivity index (χ4n) is 1.25. The number of hydrogen-bond donors (Lipinski definition) is 3. The minimum Gasteiger partial charge on any atom is -0.506 e. The molecule has 0 aliphatic rings. The van der Waals surface area contributed by atoms with E-state index >= 15 is 0 Å². The highest BCUT2D eigenvalue weighted by atomic mass is 127. The molecule has 5 heteroatoms. The van der Waals surface area contributed by atoms with E-state index in [1.807, 2.05) is 19.1 Å². The van der Waals surface area contributed by atoms with E-state index in [-0.39, 0.29) is 5.75 Å². The van der Waals surface area contributed by atoms with Gasteiger partial charge in [0.15, 0.2) is 0 Å². The number of aliphatic hydroxyl groups is 1. The van der Waals surface area contributed by atoms with Gasteiger partial charge in [-0.25, -0.2) is 0 Å². The van der Waals surface area contributed by atoms with Gasteiger partial charge in [0.1, 0.15) is 5.75 Å². The first kappa shape index (κ1) is 13.5. The van der Waals surface area contributed by atoms with Crippen LogP contribution in [0.25, 0.3) is 0 Å². The number of aliphatic hydroxyl groups excluding tert-OH is 1. The van der Waals surface area contributed by atoms with Crippen molar-refractivity contribution in [2.75, 3.05) is 0 Å². The van der Waals surface area contributed by atoms with Crippen LogP contribution in [0.5, 0.6) is 5.75 Å². The lowest BCUT2D eigenvalue weighted by Gasteiger charge is -2.18. The first-order valence-electron chi connectivity index (χ1n) is 4.59. The molecule has 0 spiro atoms. The van der Waals surface area contributed by atoms with E-state index in [2.05, 4.69) is 45.2 Å². The average molecular weight is 433 g/mol. The summed E-state index contributed by atoms with van der Waals surface area (Å²) in [5.74, 6) is 0.276. The van der Waals surface area contributed by atoms with Crippen LogP contribution in [-0.2, 0) is 0 Å². The Labute approximate surface area is 116 Å². The maximum atomic E-state index is 9.64. The largest absolute Gasteiger partial charge is 0.506 e. The molecule has 1 rings (SSSR count). The van der Waals surface area contributed by atoms with Gasteiger partial charge in [-0.05, 0) is 69.3 Å². The van der Waals surface area contributed by atoms with E-state index < -0.39 is 12.1 Å². The summed E-state index contributed by atoms with van der Waals surface area (Å²) in [7, 11) is 0. The Hall–Kier alpha value is 0.400. The SMILES string of the molecule is CC[C@H](O)[C@H](N)c1cc(I)c(O)c(I)c1. The van der Waals surface area contributed by atoms with Crippen LogP contribution in [-0.4, -0.2) is 16.3 Å². The van der Waals surface area contributed by atoms with Gasteiger partial charge in [-0.3, -0.25) is 0 Å². The summed E-state index contributed by atoms with van der Waals surface area (Å²) in [5, 5.41) is 19.2. The van der Waals surface area contributed by atoms with Crippen LogP contribution in [0.1, 0.15) is 24.9 Å². The van der Waals surface area contributed by atoms with E-state index in [0.717, 1.165) is 12.7 Å². The predicted molar refractivity (Wildman–Crippen MR) is 76.8 cm³/mol. The second-order valence-electron chi connectivity index (χ2n) is 3.33. The van der Waals surface area contributed by atoms with E-state index in [9.17, 15) is 10.2 Å². The molecular formula is C10H13I2NO2. The number of phenolic OH excluding ortho intramolecular Hbond substituents is 1. The molecule has 0 heterocycles. The lowest BCUT2D eigenvalue weighted by Crippen LogP contribution is -2.25. The third-order valence-corrected chi connectivity index (χ3v) is 3.90. The van der Waals surface area contributed by atoms with Crippen molar-refractivity contribution in [3.8, 4) is 5.75 Å². The van der Waals surface area contributed by atoms with Crippen molar-refractivity contribution in [3.63, 3.8) is 0 Å². The van der Waals surface area contributed by atoms with Crippen LogP contribution >= 0.6 is 45.2 Å². The molecule has 0 saturated carbocycles. The summed E-state index contributed by atoms with van der Waals surface area (Å²) in [6.07, 6.45) is 0.0796. The lowest BCUT2D eigenvalue weighted by atomic mass is 10.0. The zero-order chi connectivity index (χ0) is 11.6. The minimum absolute atomic E-state index is 0.276.